The lowest BCUT2D eigenvalue weighted by Crippen LogP contribution is -2.48. The van der Waals surface area contributed by atoms with Gasteiger partial charge in [-0.15, -0.1) is 0 Å². The topological polar surface area (TPSA) is 71.3 Å². The van der Waals surface area contributed by atoms with E-state index in [9.17, 15) is 0 Å². The number of nitrogens with two attached hydrogens (primary N) is 1. The summed E-state index contributed by atoms with van der Waals surface area (Å²) in [6.45, 7) is 6.39. The second kappa shape index (κ2) is 8.40. The Morgan fingerprint density at radius 2 is 2.00 bits per heavy atom. The van der Waals surface area contributed by atoms with E-state index in [0.717, 1.165) is 13.2 Å². The van der Waals surface area contributed by atoms with Crippen LogP contribution in [0.4, 0.5) is 0 Å². The molecule has 0 rings (SSSR count). The molecule has 0 aromatic heterocycles. The molecule has 0 radical (unpaired) electrons. The molecule has 0 amide bonds. The summed E-state index contributed by atoms with van der Waals surface area (Å²) in [4.78, 5) is 0. The van der Waals surface area contributed by atoms with Crippen LogP contribution in [0.25, 0.3) is 0 Å². The maximum Gasteiger partial charge on any atom is 0.0646 e. The Morgan fingerprint density at radius 3 is 2.46 bits per heavy atom. The molecule has 0 aromatic carbocycles. The van der Waals surface area contributed by atoms with E-state index >= 15 is 0 Å². The molecule has 0 aliphatic carbocycles. The van der Waals surface area contributed by atoms with E-state index in [4.69, 9.17) is 10.6 Å². The van der Waals surface area contributed by atoms with Gasteiger partial charge in [-0.2, -0.15) is 0 Å². The van der Waals surface area contributed by atoms with E-state index in [1.807, 2.05) is 7.05 Å². The predicted molar refractivity (Wildman–Crippen MR) is 53.8 cm³/mol. The average Bonchev–Trinajstić information content (AvgIpc) is 2.10. The Hall–Kier alpha value is -0.200. The molecule has 80 valence electrons. The number of rotatable bonds is 8. The van der Waals surface area contributed by atoms with Crippen LogP contribution in [0.1, 0.15) is 13.8 Å². The molecule has 0 aliphatic heterocycles. The third kappa shape index (κ3) is 8.14. The molecule has 1 unspecified atom stereocenters. The highest BCUT2D eigenvalue weighted by atomic mass is 16.5. The Balaban J connectivity index is 3.36. The minimum atomic E-state index is 0.145. The highest BCUT2D eigenvalue weighted by molar-refractivity contribution is 4.63. The van der Waals surface area contributed by atoms with Crippen LogP contribution in [0.5, 0.6) is 0 Å². The molecular weight excluding hydrogens is 168 g/mol. The normalized spacial score (nSPS) is 13.6. The zero-order valence-electron chi connectivity index (χ0n) is 8.76. The van der Waals surface area contributed by atoms with Crippen molar-refractivity contribution in [1.82, 2.24) is 16.3 Å². The molecule has 13 heavy (non-hydrogen) atoms. The molecule has 5 N–H and O–H groups in total. The fourth-order valence-electron chi connectivity index (χ4n) is 0.837. The first-order valence-corrected chi connectivity index (χ1v) is 4.64. The molecule has 0 aromatic rings. The van der Waals surface area contributed by atoms with Crippen LogP contribution in [-0.2, 0) is 4.74 Å². The highest BCUT2D eigenvalue weighted by Crippen LogP contribution is 1.93. The van der Waals surface area contributed by atoms with Gasteiger partial charge in [0, 0.05) is 13.2 Å². The number of hydrogen-bond donors (Lipinski definition) is 4. The van der Waals surface area contributed by atoms with Crippen LogP contribution in [0, 0.1) is 5.92 Å². The zero-order chi connectivity index (χ0) is 10.1. The largest absolute Gasteiger partial charge is 0.379 e. The van der Waals surface area contributed by atoms with Gasteiger partial charge in [-0.1, -0.05) is 13.8 Å². The third-order valence-electron chi connectivity index (χ3n) is 1.53. The summed E-state index contributed by atoms with van der Waals surface area (Å²) < 4.78 is 5.43. The summed E-state index contributed by atoms with van der Waals surface area (Å²) in [7, 11) is 1.82. The SMILES string of the molecule is CNNCC(COCC(C)C)NN. The summed E-state index contributed by atoms with van der Waals surface area (Å²) in [5, 5.41) is 0. The van der Waals surface area contributed by atoms with Crippen molar-refractivity contribution in [2.75, 3.05) is 26.8 Å². The van der Waals surface area contributed by atoms with Crippen molar-refractivity contribution in [3.8, 4) is 0 Å². The lowest BCUT2D eigenvalue weighted by atomic mass is 10.2. The van der Waals surface area contributed by atoms with E-state index < -0.39 is 0 Å². The maximum absolute atomic E-state index is 5.43. The van der Waals surface area contributed by atoms with Gasteiger partial charge >= 0.3 is 0 Å². The van der Waals surface area contributed by atoms with E-state index in [2.05, 4.69) is 30.1 Å². The van der Waals surface area contributed by atoms with E-state index in [-0.39, 0.29) is 6.04 Å². The van der Waals surface area contributed by atoms with Gasteiger partial charge in [0.2, 0.25) is 0 Å². The minimum Gasteiger partial charge on any atom is -0.379 e. The van der Waals surface area contributed by atoms with E-state index in [0.29, 0.717) is 12.5 Å². The molecule has 0 saturated carbocycles. The number of nitrogens with one attached hydrogen (secondary N) is 3. The lowest BCUT2D eigenvalue weighted by Gasteiger charge is -2.17. The molecule has 5 nitrogen and oxygen atoms in total. The van der Waals surface area contributed by atoms with Crippen LogP contribution >= 0.6 is 0 Å². The van der Waals surface area contributed by atoms with Crippen LogP contribution in [0.15, 0.2) is 0 Å². The molecule has 0 saturated heterocycles. The van der Waals surface area contributed by atoms with Crippen molar-refractivity contribution < 1.29 is 4.74 Å². The monoisotopic (exact) mass is 190 g/mol. The first-order chi connectivity index (χ1) is 6.20. The standard InChI is InChI=1S/C8H22N4O/c1-7(2)5-13-6-8(12-9)4-11-10-3/h7-8,10-12H,4-6,9H2,1-3H3. The van der Waals surface area contributed by atoms with Gasteiger partial charge < -0.3 is 4.74 Å². The third-order valence-corrected chi connectivity index (χ3v) is 1.53. The summed E-state index contributed by atoms with van der Waals surface area (Å²) in [5.74, 6) is 5.90. The van der Waals surface area contributed by atoms with E-state index in [1.165, 1.54) is 0 Å². The van der Waals surface area contributed by atoms with Gasteiger partial charge in [0.05, 0.1) is 12.6 Å². The molecule has 0 spiro atoms. The smallest absolute Gasteiger partial charge is 0.0646 e. The molecule has 0 fully saturated rings. The van der Waals surface area contributed by atoms with Crippen LogP contribution < -0.4 is 22.1 Å². The van der Waals surface area contributed by atoms with Gasteiger partial charge in [-0.25, -0.2) is 0 Å². The van der Waals surface area contributed by atoms with Gasteiger partial charge in [0.1, 0.15) is 0 Å². The van der Waals surface area contributed by atoms with Crippen molar-refractivity contribution in [3.05, 3.63) is 0 Å². The first-order valence-electron chi connectivity index (χ1n) is 4.64. The summed E-state index contributed by atoms with van der Waals surface area (Å²) >= 11 is 0. The lowest BCUT2D eigenvalue weighted by molar-refractivity contribution is 0.0893. The Labute approximate surface area is 80.3 Å². The van der Waals surface area contributed by atoms with Gasteiger partial charge in [-0.3, -0.25) is 22.1 Å². The first kappa shape index (κ1) is 12.8. The van der Waals surface area contributed by atoms with Gasteiger partial charge in [0.25, 0.3) is 0 Å². The maximum atomic E-state index is 5.43. The minimum absolute atomic E-state index is 0.145. The van der Waals surface area contributed by atoms with Crippen molar-refractivity contribution >= 4 is 0 Å². The van der Waals surface area contributed by atoms with Crippen molar-refractivity contribution in [2.24, 2.45) is 11.8 Å². The molecular formula is C8H22N4O. The summed E-state index contributed by atoms with van der Waals surface area (Å²) in [5.41, 5.74) is 8.48. The number of ether oxygens (including phenoxy) is 1. The Morgan fingerprint density at radius 1 is 1.31 bits per heavy atom. The molecule has 1 atom stereocenters. The Bertz CT molecular complexity index is 110. The van der Waals surface area contributed by atoms with Crippen molar-refractivity contribution in [2.45, 2.75) is 19.9 Å². The Kier molecular flexibility index (Phi) is 8.27. The van der Waals surface area contributed by atoms with Crippen LogP contribution in [0.2, 0.25) is 0 Å². The second-order valence-electron chi connectivity index (χ2n) is 3.43. The molecule has 5 heteroatoms. The van der Waals surface area contributed by atoms with Crippen molar-refractivity contribution in [3.63, 3.8) is 0 Å². The van der Waals surface area contributed by atoms with Crippen LogP contribution in [0.3, 0.4) is 0 Å². The van der Waals surface area contributed by atoms with Crippen LogP contribution in [-0.4, -0.2) is 32.8 Å². The summed E-state index contributed by atoms with van der Waals surface area (Å²) in [6, 6.07) is 0.145. The zero-order valence-corrected chi connectivity index (χ0v) is 8.76. The second-order valence-corrected chi connectivity index (χ2v) is 3.43. The van der Waals surface area contributed by atoms with E-state index in [1.54, 1.807) is 0 Å². The summed E-state index contributed by atoms with van der Waals surface area (Å²) in [6.07, 6.45) is 0. The van der Waals surface area contributed by atoms with Crippen molar-refractivity contribution in [1.29, 1.82) is 0 Å². The quantitative estimate of drug-likeness (QED) is 0.298. The number of hydrazine groups is 2. The molecule has 0 heterocycles. The molecule has 0 aliphatic rings. The average molecular weight is 190 g/mol. The highest BCUT2D eigenvalue weighted by Gasteiger charge is 2.05. The van der Waals surface area contributed by atoms with Gasteiger partial charge in [-0.05, 0) is 13.0 Å². The van der Waals surface area contributed by atoms with Gasteiger partial charge in [0.15, 0.2) is 0 Å². The molecule has 0 bridgehead atoms. The number of hydrogen-bond acceptors (Lipinski definition) is 5. The fraction of sp³-hybridized carbons (Fsp3) is 1.00. The fourth-order valence-corrected chi connectivity index (χ4v) is 0.837. The predicted octanol–water partition coefficient (Wildman–Crippen LogP) is -0.785.